The molecule has 0 saturated carbocycles. The molecule has 0 aliphatic carbocycles. The van der Waals surface area contributed by atoms with Crippen LogP contribution in [0, 0.1) is 0 Å². The predicted octanol–water partition coefficient (Wildman–Crippen LogP) is 3.89. The zero-order valence-corrected chi connectivity index (χ0v) is 13.2. The summed E-state index contributed by atoms with van der Waals surface area (Å²) in [5.74, 6) is 0.313. The van der Waals surface area contributed by atoms with Crippen molar-refractivity contribution in [3.05, 3.63) is 59.1 Å². The van der Waals surface area contributed by atoms with E-state index < -0.39 is 0 Å². The Bertz CT molecular complexity index is 633. The number of thioether (sulfide) groups is 1. The molecule has 3 N–H and O–H groups in total. The van der Waals surface area contributed by atoms with Gasteiger partial charge >= 0.3 is 0 Å². The monoisotopic (exact) mass is 320 g/mol. The van der Waals surface area contributed by atoms with Crippen LogP contribution in [0.1, 0.15) is 18.5 Å². The van der Waals surface area contributed by atoms with Crippen molar-refractivity contribution in [3.8, 4) is 0 Å². The fourth-order valence-electron chi connectivity index (χ4n) is 1.94. The summed E-state index contributed by atoms with van der Waals surface area (Å²) in [5.41, 5.74) is 7.33. The molecule has 110 valence electrons. The Kier molecular flexibility index (Phi) is 5.53. The van der Waals surface area contributed by atoms with E-state index in [-0.39, 0.29) is 11.9 Å². The number of nitrogens with two attached hydrogens (primary N) is 1. The molecule has 0 fully saturated rings. The Balaban J connectivity index is 1.89. The van der Waals surface area contributed by atoms with Crippen LogP contribution in [0.2, 0.25) is 5.02 Å². The smallest absolute Gasteiger partial charge is 0.230 e. The van der Waals surface area contributed by atoms with E-state index in [0.717, 1.165) is 10.5 Å². The van der Waals surface area contributed by atoms with Gasteiger partial charge in [0.15, 0.2) is 0 Å². The molecule has 0 saturated heterocycles. The molecule has 1 amide bonds. The van der Waals surface area contributed by atoms with Gasteiger partial charge in [-0.2, -0.15) is 0 Å². The molecule has 21 heavy (non-hydrogen) atoms. The molecule has 2 aromatic rings. The number of hydrogen-bond donors (Lipinski definition) is 2. The zero-order chi connectivity index (χ0) is 15.2. The van der Waals surface area contributed by atoms with E-state index in [1.807, 2.05) is 55.5 Å². The second-order valence-corrected chi connectivity index (χ2v) is 6.13. The summed E-state index contributed by atoms with van der Waals surface area (Å²) in [7, 11) is 0. The Hall–Kier alpha value is -1.65. The molecule has 5 heteroatoms. The maximum Gasteiger partial charge on any atom is 0.230 e. The maximum absolute atomic E-state index is 12.0. The number of carbonyl (C=O) groups excluding carboxylic acids is 1. The molecule has 0 aliphatic heterocycles. The van der Waals surface area contributed by atoms with E-state index in [2.05, 4.69) is 5.32 Å². The van der Waals surface area contributed by atoms with Crippen LogP contribution in [-0.4, -0.2) is 11.7 Å². The largest absolute Gasteiger partial charge is 0.399 e. The lowest BCUT2D eigenvalue weighted by Crippen LogP contribution is -2.28. The van der Waals surface area contributed by atoms with E-state index in [1.54, 1.807) is 0 Å². The van der Waals surface area contributed by atoms with Crippen molar-refractivity contribution >= 4 is 35.0 Å². The van der Waals surface area contributed by atoms with Gasteiger partial charge in [0.1, 0.15) is 0 Å². The summed E-state index contributed by atoms with van der Waals surface area (Å²) in [4.78, 5) is 13.0. The minimum atomic E-state index is -0.118. The number of nitrogen functional groups attached to an aromatic ring is 1. The quantitative estimate of drug-likeness (QED) is 0.649. The van der Waals surface area contributed by atoms with Gasteiger partial charge in [-0.05, 0) is 36.8 Å². The standard InChI is InChI=1S/C16H17ClN2OS/c1-11(14-7-2-3-8-15(14)17)19-16(20)10-21-13-6-4-5-12(18)9-13/h2-9,11H,10,18H2,1H3,(H,19,20). The number of hydrogen-bond acceptors (Lipinski definition) is 3. The highest BCUT2D eigenvalue weighted by molar-refractivity contribution is 8.00. The lowest BCUT2D eigenvalue weighted by atomic mass is 10.1. The van der Waals surface area contributed by atoms with Gasteiger partial charge in [-0.15, -0.1) is 11.8 Å². The molecular formula is C16H17ClN2OS. The van der Waals surface area contributed by atoms with Crippen LogP contribution in [0.5, 0.6) is 0 Å². The Morgan fingerprint density at radius 3 is 2.76 bits per heavy atom. The summed E-state index contributed by atoms with van der Waals surface area (Å²) < 4.78 is 0. The molecule has 0 aliphatic rings. The number of benzene rings is 2. The maximum atomic E-state index is 12.0. The third-order valence-electron chi connectivity index (χ3n) is 2.98. The minimum Gasteiger partial charge on any atom is -0.399 e. The SMILES string of the molecule is CC(NC(=O)CSc1cccc(N)c1)c1ccccc1Cl. The number of carbonyl (C=O) groups is 1. The molecule has 0 heterocycles. The van der Waals surface area contributed by atoms with Gasteiger partial charge in [-0.1, -0.05) is 35.9 Å². The fraction of sp³-hybridized carbons (Fsp3) is 0.188. The zero-order valence-electron chi connectivity index (χ0n) is 11.7. The van der Waals surface area contributed by atoms with Crippen LogP contribution in [0.4, 0.5) is 5.69 Å². The van der Waals surface area contributed by atoms with Gasteiger partial charge in [0.25, 0.3) is 0 Å². The highest BCUT2D eigenvalue weighted by Crippen LogP contribution is 2.23. The van der Waals surface area contributed by atoms with Crippen LogP contribution in [0.15, 0.2) is 53.4 Å². The summed E-state index contributed by atoms with van der Waals surface area (Å²) in [6.07, 6.45) is 0. The highest BCUT2D eigenvalue weighted by Gasteiger charge is 2.12. The van der Waals surface area contributed by atoms with Crippen molar-refractivity contribution in [2.45, 2.75) is 17.9 Å². The third kappa shape index (κ3) is 4.69. The van der Waals surface area contributed by atoms with Crippen molar-refractivity contribution in [1.29, 1.82) is 0 Å². The topological polar surface area (TPSA) is 55.1 Å². The average Bonchev–Trinajstić information content (AvgIpc) is 2.45. The molecule has 0 spiro atoms. The van der Waals surface area contributed by atoms with Crippen molar-refractivity contribution in [2.75, 3.05) is 11.5 Å². The lowest BCUT2D eigenvalue weighted by molar-refractivity contribution is -0.119. The van der Waals surface area contributed by atoms with Crippen molar-refractivity contribution in [3.63, 3.8) is 0 Å². The van der Waals surface area contributed by atoms with Gasteiger partial charge in [0, 0.05) is 15.6 Å². The van der Waals surface area contributed by atoms with Gasteiger partial charge in [0.05, 0.1) is 11.8 Å². The van der Waals surface area contributed by atoms with Crippen LogP contribution < -0.4 is 11.1 Å². The first kappa shape index (κ1) is 15.7. The van der Waals surface area contributed by atoms with Crippen LogP contribution in [0.3, 0.4) is 0 Å². The molecule has 0 bridgehead atoms. The van der Waals surface area contributed by atoms with Crippen molar-refractivity contribution in [2.24, 2.45) is 0 Å². The summed E-state index contributed by atoms with van der Waals surface area (Å²) >= 11 is 7.58. The molecule has 1 atom stereocenters. The second kappa shape index (κ2) is 7.38. The summed E-state index contributed by atoms with van der Waals surface area (Å²) in [5, 5.41) is 3.61. The van der Waals surface area contributed by atoms with E-state index in [0.29, 0.717) is 16.5 Å². The van der Waals surface area contributed by atoms with Crippen LogP contribution >= 0.6 is 23.4 Å². The normalized spacial score (nSPS) is 11.9. The Morgan fingerprint density at radius 2 is 2.05 bits per heavy atom. The fourth-order valence-corrected chi connectivity index (χ4v) is 3.02. The number of halogens is 1. The first-order valence-electron chi connectivity index (χ1n) is 6.58. The average molecular weight is 321 g/mol. The number of rotatable bonds is 5. The summed E-state index contributed by atoms with van der Waals surface area (Å²) in [6, 6.07) is 14.9. The second-order valence-electron chi connectivity index (χ2n) is 4.67. The van der Waals surface area contributed by atoms with E-state index in [9.17, 15) is 4.79 Å². The predicted molar refractivity (Wildman–Crippen MR) is 89.6 cm³/mol. The van der Waals surface area contributed by atoms with Gasteiger partial charge in [0.2, 0.25) is 5.91 Å². The molecule has 2 aromatic carbocycles. The molecular weight excluding hydrogens is 304 g/mol. The first-order valence-corrected chi connectivity index (χ1v) is 7.95. The van der Waals surface area contributed by atoms with Crippen LogP contribution in [0.25, 0.3) is 0 Å². The lowest BCUT2D eigenvalue weighted by Gasteiger charge is -2.15. The minimum absolute atomic E-state index is 0.0326. The van der Waals surface area contributed by atoms with E-state index in [1.165, 1.54) is 11.8 Å². The molecule has 0 radical (unpaired) electrons. The molecule has 1 unspecified atom stereocenters. The molecule has 2 rings (SSSR count). The number of amides is 1. The van der Waals surface area contributed by atoms with E-state index in [4.69, 9.17) is 17.3 Å². The van der Waals surface area contributed by atoms with Gasteiger partial charge in [-0.25, -0.2) is 0 Å². The summed E-state index contributed by atoms with van der Waals surface area (Å²) in [6.45, 7) is 1.92. The highest BCUT2D eigenvalue weighted by atomic mass is 35.5. The Morgan fingerprint density at radius 1 is 1.29 bits per heavy atom. The number of anilines is 1. The van der Waals surface area contributed by atoms with Gasteiger partial charge < -0.3 is 11.1 Å². The van der Waals surface area contributed by atoms with Crippen molar-refractivity contribution in [1.82, 2.24) is 5.32 Å². The first-order chi connectivity index (χ1) is 10.1. The van der Waals surface area contributed by atoms with Crippen LogP contribution in [-0.2, 0) is 4.79 Å². The molecule has 3 nitrogen and oxygen atoms in total. The molecule has 0 aromatic heterocycles. The third-order valence-corrected chi connectivity index (χ3v) is 4.32. The Labute approximate surface area is 133 Å². The number of nitrogens with one attached hydrogen (secondary N) is 1. The van der Waals surface area contributed by atoms with Gasteiger partial charge in [-0.3, -0.25) is 4.79 Å². The van der Waals surface area contributed by atoms with E-state index >= 15 is 0 Å². The van der Waals surface area contributed by atoms with Crippen molar-refractivity contribution < 1.29 is 4.79 Å².